The van der Waals surface area contributed by atoms with E-state index in [0.717, 1.165) is 6.42 Å². The van der Waals surface area contributed by atoms with Crippen molar-refractivity contribution in [2.75, 3.05) is 5.75 Å². The maximum Gasteiger partial charge on any atom is 0.273 e. The normalized spacial score (nSPS) is 23.1. The van der Waals surface area contributed by atoms with E-state index >= 15 is 0 Å². The van der Waals surface area contributed by atoms with Gasteiger partial charge in [-0.25, -0.2) is 22.0 Å². The first-order chi connectivity index (χ1) is 9.14. The van der Waals surface area contributed by atoms with Crippen LogP contribution in [0.2, 0.25) is 0 Å². The second kappa shape index (κ2) is 5.08. The van der Waals surface area contributed by atoms with Crippen LogP contribution in [0.1, 0.15) is 50.2 Å². The maximum absolute atomic E-state index is 12.2. The summed E-state index contributed by atoms with van der Waals surface area (Å²) in [6.45, 7) is 3.47. The van der Waals surface area contributed by atoms with Gasteiger partial charge in [-0.05, 0) is 26.7 Å². The van der Waals surface area contributed by atoms with Crippen LogP contribution in [0.4, 0.5) is 0 Å². The summed E-state index contributed by atoms with van der Waals surface area (Å²) in [6, 6.07) is -0.301. The molecule has 1 fully saturated rings. The first-order valence-electron chi connectivity index (χ1n) is 6.34. The van der Waals surface area contributed by atoms with Crippen molar-refractivity contribution >= 4 is 19.9 Å². The minimum Gasteiger partial charge on any atom is -0.297 e. The number of rotatable bonds is 3. The van der Waals surface area contributed by atoms with Crippen LogP contribution in [0.5, 0.6) is 0 Å². The lowest BCUT2D eigenvalue weighted by Gasteiger charge is -2.23. The molecule has 0 saturated carbocycles. The fourth-order valence-electron chi connectivity index (χ4n) is 2.43. The summed E-state index contributed by atoms with van der Waals surface area (Å²) >= 11 is 0. The van der Waals surface area contributed by atoms with Crippen LogP contribution in [-0.2, 0) is 19.9 Å². The average Bonchev–Trinajstić information content (AvgIpc) is 2.72. The van der Waals surface area contributed by atoms with Crippen molar-refractivity contribution in [1.29, 1.82) is 0 Å². The van der Waals surface area contributed by atoms with E-state index in [-0.39, 0.29) is 22.8 Å². The van der Waals surface area contributed by atoms with Crippen LogP contribution in [0.3, 0.4) is 0 Å². The third-order valence-electron chi connectivity index (χ3n) is 3.33. The first kappa shape index (κ1) is 15.4. The number of aromatic nitrogens is 3. The van der Waals surface area contributed by atoms with Gasteiger partial charge in [-0.2, -0.15) is 0 Å². The first-order valence-corrected chi connectivity index (χ1v) is 9.60. The summed E-state index contributed by atoms with van der Waals surface area (Å²) in [4.78, 5) is 0. The van der Waals surface area contributed by atoms with Gasteiger partial charge in [0.1, 0.15) is 5.25 Å². The monoisotopic (exact) mass is 322 g/mol. The number of hydrogen-bond acceptors (Lipinski definition) is 6. The Labute approximate surface area is 118 Å². The Kier molecular flexibility index (Phi) is 3.91. The van der Waals surface area contributed by atoms with Gasteiger partial charge in [0.15, 0.2) is 15.7 Å². The van der Waals surface area contributed by atoms with Gasteiger partial charge in [-0.1, -0.05) is 6.42 Å². The molecule has 2 heterocycles. The molecule has 0 aromatic carbocycles. The lowest BCUT2D eigenvalue weighted by Crippen LogP contribution is -2.27. The van der Waals surface area contributed by atoms with E-state index in [1.807, 2.05) is 0 Å². The number of primary sulfonamides is 1. The Balaban J connectivity index is 2.61. The van der Waals surface area contributed by atoms with Gasteiger partial charge in [0.25, 0.3) is 15.2 Å². The minimum absolute atomic E-state index is 0.0906. The Morgan fingerprint density at radius 2 is 1.95 bits per heavy atom. The van der Waals surface area contributed by atoms with Crippen molar-refractivity contribution in [3.63, 3.8) is 0 Å². The molecule has 0 aliphatic carbocycles. The zero-order valence-electron chi connectivity index (χ0n) is 11.4. The molecule has 0 bridgehead atoms. The minimum atomic E-state index is -4.04. The third-order valence-corrected chi connectivity index (χ3v) is 6.29. The highest BCUT2D eigenvalue weighted by Crippen LogP contribution is 2.34. The van der Waals surface area contributed by atoms with E-state index < -0.39 is 25.1 Å². The Morgan fingerprint density at radius 1 is 1.30 bits per heavy atom. The molecule has 2 N–H and O–H groups in total. The molecule has 2 rings (SSSR count). The summed E-state index contributed by atoms with van der Waals surface area (Å²) in [5, 5.41) is 11.3. The average molecular weight is 322 g/mol. The predicted molar refractivity (Wildman–Crippen MR) is 72.2 cm³/mol. The molecule has 0 spiro atoms. The highest BCUT2D eigenvalue weighted by molar-refractivity contribution is 7.91. The van der Waals surface area contributed by atoms with Crippen molar-refractivity contribution in [2.45, 2.75) is 49.6 Å². The Hall–Kier alpha value is -1.00. The van der Waals surface area contributed by atoms with E-state index in [9.17, 15) is 16.8 Å². The number of sulfone groups is 1. The quantitative estimate of drug-likeness (QED) is 0.844. The number of hydrogen-bond donors (Lipinski definition) is 1. The molecule has 114 valence electrons. The molecule has 0 radical (unpaired) electrons. The van der Waals surface area contributed by atoms with Crippen molar-refractivity contribution in [3.8, 4) is 0 Å². The summed E-state index contributed by atoms with van der Waals surface area (Å²) in [7, 11) is -7.36. The van der Waals surface area contributed by atoms with Crippen molar-refractivity contribution in [2.24, 2.45) is 5.14 Å². The van der Waals surface area contributed by atoms with E-state index in [4.69, 9.17) is 5.14 Å². The van der Waals surface area contributed by atoms with Crippen LogP contribution in [0, 0.1) is 0 Å². The molecule has 0 amide bonds. The zero-order chi connectivity index (χ0) is 15.1. The molecule has 1 aromatic rings. The van der Waals surface area contributed by atoms with E-state index in [2.05, 4.69) is 10.2 Å². The van der Waals surface area contributed by atoms with Gasteiger partial charge >= 0.3 is 0 Å². The van der Waals surface area contributed by atoms with Gasteiger partial charge in [0.05, 0.1) is 5.75 Å². The van der Waals surface area contributed by atoms with Crippen molar-refractivity contribution in [3.05, 3.63) is 5.82 Å². The maximum atomic E-state index is 12.2. The Bertz CT molecular complexity index is 706. The van der Waals surface area contributed by atoms with Crippen LogP contribution < -0.4 is 5.14 Å². The van der Waals surface area contributed by atoms with E-state index in [1.165, 1.54) is 4.57 Å². The third kappa shape index (κ3) is 2.72. The smallest absolute Gasteiger partial charge is 0.273 e. The number of nitrogens with zero attached hydrogens (tertiary/aromatic N) is 3. The molecule has 20 heavy (non-hydrogen) atoms. The van der Waals surface area contributed by atoms with Crippen LogP contribution in [0.25, 0.3) is 0 Å². The van der Waals surface area contributed by atoms with Crippen LogP contribution in [-0.4, -0.2) is 37.4 Å². The van der Waals surface area contributed by atoms with Crippen molar-refractivity contribution < 1.29 is 16.8 Å². The fraction of sp³-hybridized carbons (Fsp3) is 0.800. The van der Waals surface area contributed by atoms with Crippen molar-refractivity contribution in [1.82, 2.24) is 14.8 Å². The molecule has 10 heteroatoms. The molecule has 1 atom stereocenters. The second-order valence-corrected chi connectivity index (χ2v) is 8.96. The Morgan fingerprint density at radius 3 is 2.45 bits per heavy atom. The number of nitrogens with two attached hydrogens (primary N) is 1. The second-order valence-electron chi connectivity index (χ2n) is 5.20. The lowest BCUT2D eigenvalue weighted by molar-refractivity contribution is 0.480. The van der Waals surface area contributed by atoms with E-state index in [1.54, 1.807) is 13.8 Å². The SMILES string of the molecule is CC(C)n1c(C2CCCCS2(=O)=O)nnc1S(N)(=O)=O. The topological polar surface area (TPSA) is 125 Å². The van der Waals surface area contributed by atoms with E-state index in [0.29, 0.717) is 12.8 Å². The van der Waals surface area contributed by atoms with Crippen LogP contribution in [0.15, 0.2) is 5.16 Å². The summed E-state index contributed by atoms with van der Waals surface area (Å²) in [5.74, 6) is 0.261. The summed E-state index contributed by atoms with van der Waals surface area (Å²) in [6.07, 6.45) is 1.81. The lowest BCUT2D eigenvalue weighted by atomic mass is 10.2. The molecule has 1 aliphatic rings. The molecular weight excluding hydrogens is 304 g/mol. The summed E-state index contributed by atoms with van der Waals surface area (Å²) < 4.78 is 48.7. The fourth-order valence-corrected chi connectivity index (χ4v) is 5.06. The molecule has 8 nitrogen and oxygen atoms in total. The van der Waals surface area contributed by atoms with Gasteiger partial charge in [-0.15, -0.1) is 10.2 Å². The predicted octanol–water partition coefficient (Wildman–Crippen LogP) is 0.146. The molecule has 1 aliphatic heterocycles. The van der Waals surface area contributed by atoms with Gasteiger partial charge in [-0.3, -0.25) is 4.57 Å². The molecule has 1 unspecified atom stereocenters. The standard InChI is InChI=1S/C10H18N4O4S2/c1-7(2)14-9(12-13-10(14)20(11,17)18)8-5-3-4-6-19(8,15)16/h7-8H,3-6H2,1-2H3,(H2,11,17,18). The summed E-state index contributed by atoms with van der Waals surface area (Å²) in [5.41, 5.74) is 0. The van der Waals surface area contributed by atoms with Gasteiger partial charge in [0, 0.05) is 6.04 Å². The largest absolute Gasteiger partial charge is 0.297 e. The number of sulfonamides is 1. The highest BCUT2D eigenvalue weighted by Gasteiger charge is 2.36. The molecule has 1 aromatic heterocycles. The van der Waals surface area contributed by atoms with Crippen LogP contribution >= 0.6 is 0 Å². The molecule has 1 saturated heterocycles. The zero-order valence-corrected chi connectivity index (χ0v) is 13.0. The van der Waals surface area contributed by atoms with Gasteiger partial charge < -0.3 is 0 Å². The van der Waals surface area contributed by atoms with Gasteiger partial charge in [0.2, 0.25) is 0 Å². The molecular formula is C10H18N4O4S2. The highest BCUT2D eigenvalue weighted by atomic mass is 32.2.